The van der Waals surface area contributed by atoms with Gasteiger partial charge >= 0.3 is 0 Å². The lowest BCUT2D eigenvalue weighted by Crippen LogP contribution is -2.30. The van der Waals surface area contributed by atoms with Crippen LogP contribution in [-0.2, 0) is 4.79 Å². The first-order chi connectivity index (χ1) is 9.95. The Hall–Kier alpha value is -1.40. The highest BCUT2D eigenvalue weighted by atomic mass is 79.9. The zero-order valence-electron chi connectivity index (χ0n) is 11.1. The van der Waals surface area contributed by atoms with Gasteiger partial charge in [-0.3, -0.25) is 4.79 Å². The molecule has 0 aliphatic carbocycles. The van der Waals surface area contributed by atoms with E-state index in [1.165, 1.54) is 24.3 Å². The molecule has 0 fully saturated rings. The lowest BCUT2D eigenvalue weighted by atomic mass is 10.3. The van der Waals surface area contributed by atoms with Crippen molar-refractivity contribution in [1.82, 2.24) is 0 Å². The quantitative estimate of drug-likeness (QED) is 0.780. The first kappa shape index (κ1) is 16.0. The molecule has 2 aromatic rings. The Kier molecular flexibility index (Phi) is 5.36. The molecule has 110 valence electrons. The van der Waals surface area contributed by atoms with Crippen molar-refractivity contribution in [3.8, 4) is 5.75 Å². The molecule has 21 heavy (non-hydrogen) atoms. The summed E-state index contributed by atoms with van der Waals surface area (Å²) >= 11 is 6.72. The third kappa shape index (κ3) is 4.54. The Balaban J connectivity index is 2.00. The van der Waals surface area contributed by atoms with Gasteiger partial charge in [-0.15, -0.1) is 0 Å². The summed E-state index contributed by atoms with van der Waals surface area (Å²) in [7, 11) is 0. The summed E-state index contributed by atoms with van der Waals surface area (Å²) in [5, 5.41) is 2.66. The van der Waals surface area contributed by atoms with Crippen molar-refractivity contribution in [2.45, 2.75) is 13.0 Å². The van der Waals surface area contributed by atoms with Gasteiger partial charge in [-0.25, -0.2) is 4.39 Å². The molecular weight excluding hydrogens is 405 g/mol. The van der Waals surface area contributed by atoms with E-state index in [0.29, 0.717) is 11.4 Å². The summed E-state index contributed by atoms with van der Waals surface area (Å²) < 4.78 is 20.1. The molecule has 2 aromatic carbocycles. The Morgan fingerprint density at radius 3 is 2.48 bits per heavy atom. The van der Waals surface area contributed by atoms with Gasteiger partial charge in [-0.2, -0.15) is 0 Å². The second-order valence-electron chi connectivity index (χ2n) is 4.33. The smallest absolute Gasteiger partial charge is 0.265 e. The lowest BCUT2D eigenvalue weighted by Gasteiger charge is -2.16. The van der Waals surface area contributed by atoms with E-state index in [9.17, 15) is 9.18 Å². The molecule has 1 unspecified atom stereocenters. The van der Waals surface area contributed by atoms with Gasteiger partial charge in [0.15, 0.2) is 6.10 Å². The van der Waals surface area contributed by atoms with Gasteiger partial charge in [0.1, 0.15) is 11.6 Å². The SMILES string of the molecule is CC(Oc1ccc(Br)cc1Br)C(=O)Nc1ccc(F)cc1. The van der Waals surface area contributed by atoms with Crippen LogP contribution in [0.5, 0.6) is 5.75 Å². The third-order valence-electron chi connectivity index (χ3n) is 2.68. The summed E-state index contributed by atoms with van der Waals surface area (Å²) in [4.78, 5) is 12.0. The Morgan fingerprint density at radius 2 is 1.86 bits per heavy atom. The number of ether oxygens (including phenoxy) is 1. The van der Waals surface area contributed by atoms with E-state index in [2.05, 4.69) is 37.2 Å². The van der Waals surface area contributed by atoms with Gasteiger partial charge in [0.2, 0.25) is 0 Å². The highest BCUT2D eigenvalue weighted by molar-refractivity contribution is 9.11. The molecule has 0 spiro atoms. The molecular formula is C15H12Br2FNO2. The molecule has 2 rings (SSSR count). The number of nitrogens with one attached hydrogen (secondary N) is 1. The van der Waals surface area contributed by atoms with E-state index in [0.717, 1.165) is 8.95 Å². The highest BCUT2D eigenvalue weighted by Gasteiger charge is 2.16. The summed E-state index contributed by atoms with van der Waals surface area (Å²) in [5.41, 5.74) is 0.520. The minimum Gasteiger partial charge on any atom is -0.480 e. The van der Waals surface area contributed by atoms with Crippen LogP contribution >= 0.6 is 31.9 Å². The normalized spacial score (nSPS) is 11.8. The highest BCUT2D eigenvalue weighted by Crippen LogP contribution is 2.29. The van der Waals surface area contributed by atoms with Crippen LogP contribution in [-0.4, -0.2) is 12.0 Å². The molecule has 0 heterocycles. The zero-order chi connectivity index (χ0) is 15.4. The van der Waals surface area contributed by atoms with E-state index in [1.807, 2.05) is 12.1 Å². The number of carbonyl (C=O) groups is 1. The summed E-state index contributed by atoms with van der Waals surface area (Å²) in [6.45, 7) is 1.65. The maximum atomic E-state index is 12.8. The van der Waals surface area contributed by atoms with Crippen molar-refractivity contribution in [2.24, 2.45) is 0 Å². The predicted molar refractivity (Wildman–Crippen MR) is 87.0 cm³/mol. The number of rotatable bonds is 4. The van der Waals surface area contributed by atoms with Crippen LogP contribution in [0.4, 0.5) is 10.1 Å². The molecule has 0 bridgehead atoms. The molecule has 3 nitrogen and oxygen atoms in total. The Labute approximate surface area is 138 Å². The molecule has 1 N–H and O–H groups in total. The second kappa shape index (κ2) is 7.04. The third-order valence-corrected chi connectivity index (χ3v) is 3.79. The maximum Gasteiger partial charge on any atom is 0.265 e. The number of amides is 1. The van der Waals surface area contributed by atoms with Crippen LogP contribution in [0, 0.1) is 5.82 Å². The van der Waals surface area contributed by atoms with Crippen molar-refractivity contribution < 1.29 is 13.9 Å². The number of carbonyl (C=O) groups excluding carboxylic acids is 1. The number of hydrogen-bond acceptors (Lipinski definition) is 2. The van der Waals surface area contributed by atoms with E-state index < -0.39 is 6.10 Å². The van der Waals surface area contributed by atoms with Gasteiger partial charge in [-0.1, -0.05) is 15.9 Å². The molecule has 1 amide bonds. The van der Waals surface area contributed by atoms with Crippen molar-refractivity contribution >= 4 is 43.5 Å². The van der Waals surface area contributed by atoms with Gasteiger partial charge in [0.25, 0.3) is 5.91 Å². The van der Waals surface area contributed by atoms with E-state index in [4.69, 9.17) is 4.74 Å². The fourth-order valence-electron chi connectivity index (χ4n) is 1.59. The average Bonchev–Trinajstić information content (AvgIpc) is 2.44. The number of benzene rings is 2. The number of anilines is 1. The van der Waals surface area contributed by atoms with Crippen LogP contribution in [0.1, 0.15) is 6.92 Å². The van der Waals surface area contributed by atoms with Gasteiger partial charge < -0.3 is 10.1 Å². The predicted octanol–water partition coefficient (Wildman–Crippen LogP) is 4.76. The molecule has 0 aliphatic rings. The van der Waals surface area contributed by atoms with E-state index in [-0.39, 0.29) is 11.7 Å². The average molecular weight is 417 g/mol. The van der Waals surface area contributed by atoms with Crippen LogP contribution in [0.2, 0.25) is 0 Å². The summed E-state index contributed by atoms with van der Waals surface area (Å²) in [6.07, 6.45) is -0.687. The largest absolute Gasteiger partial charge is 0.480 e. The molecule has 0 saturated carbocycles. The van der Waals surface area contributed by atoms with Crippen LogP contribution in [0.15, 0.2) is 51.4 Å². The maximum absolute atomic E-state index is 12.8. The Bertz CT molecular complexity index is 647. The minimum absolute atomic E-state index is 0.309. The first-order valence-electron chi connectivity index (χ1n) is 6.14. The lowest BCUT2D eigenvalue weighted by molar-refractivity contribution is -0.122. The van der Waals surface area contributed by atoms with Crippen molar-refractivity contribution in [3.05, 3.63) is 57.2 Å². The standard InChI is InChI=1S/C15H12Br2FNO2/c1-9(21-14-7-2-10(16)8-13(14)17)15(20)19-12-5-3-11(18)4-6-12/h2-9H,1H3,(H,19,20). The first-order valence-corrected chi connectivity index (χ1v) is 7.72. The van der Waals surface area contributed by atoms with Crippen LogP contribution < -0.4 is 10.1 Å². The van der Waals surface area contributed by atoms with Gasteiger partial charge in [0, 0.05) is 10.2 Å². The number of halogens is 3. The molecule has 6 heteroatoms. The summed E-state index contributed by atoms with van der Waals surface area (Å²) in [5.74, 6) is -0.0903. The number of hydrogen-bond donors (Lipinski definition) is 1. The van der Waals surface area contributed by atoms with Crippen LogP contribution in [0.25, 0.3) is 0 Å². The topological polar surface area (TPSA) is 38.3 Å². The van der Waals surface area contributed by atoms with Gasteiger partial charge in [-0.05, 0) is 65.3 Å². The molecule has 0 aliphatic heterocycles. The molecule has 0 aromatic heterocycles. The van der Waals surface area contributed by atoms with Crippen molar-refractivity contribution in [2.75, 3.05) is 5.32 Å². The fourth-order valence-corrected chi connectivity index (χ4v) is 2.73. The summed E-state index contributed by atoms with van der Waals surface area (Å²) in [6, 6.07) is 11.0. The van der Waals surface area contributed by atoms with E-state index >= 15 is 0 Å². The monoisotopic (exact) mass is 415 g/mol. The molecule has 0 saturated heterocycles. The van der Waals surface area contributed by atoms with Crippen LogP contribution in [0.3, 0.4) is 0 Å². The van der Waals surface area contributed by atoms with Crippen molar-refractivity contribution in [3.63, 3.8) is 0 Å². The second-order valence-corrected chi connectivity index (χ2v) is 6.10. The van der Waals surface area contributed by atoms with E-state index in [1.54, 1.807) is 13.0 Å². The molecule has 1 atom stereocenters. The fraction of sp³-hybridized carbons (Fsp3) is 0.133. The Morgan fingerprint density at radius 1 is 1.19 bits per heavy atom. The van der Waals surface area contributed by atoms with Gasteiger partial charge in [0.05, 0.1) is 4.47 Å². The van der Waals surface area contributed by atoms with Crippen molar-refractivity contribution in [1.29, 1.82) is 0 Å². The zero-order valence-corrected chi connectivity index (χ0v) is 14.2. The molecule has 0 radical (unpaired) electrons. The minimum atomic E-state index is -0.687.